The number of hydrogen-bond acceptors (Lipinski definition) is 3. The highest BCUT2D eigenvalue weighted by atomic mass is 16.2. The van der Waals surface area contributed by atoms with Crippen molar-refractivity contribution in [3.8, 4) is 0 Å². The molecule has 0 saturated carbocycles. The third-order valence-electron chi connectivity index (χ3n) is 3.65. The van der Waals surface area contributed by atoms with E-state index < -0.39 is 0 Å². The van der Waals surface area contributed by atoms with Crippen LogP contribution in [-0.2, 0) is 16.0 Å². The van der Waals surface area contributed by atoms with Crippen LogP contribution in [0.25, 0.3) is 0 Å². The van der Waals surface area contributed by atoms with Crippen LogP contribution in [0.15, 0.2) is 24.5 Å². The van der Waals surface area contributed by atoms with Crippen molar-refractivity contribution < 1.29 is 9.59 Å². The molecule has 0 radical (unpaired) electrons. The van der Waals surface area contributed by atoms with Crippen molar-refractivity contribution in [3.63, 3.8) is 0 Å². The largest absolute Gasteiger partial charge is 0.341 e. The van der Waals surface area contributed by atoms with Crippen molar-refractivity contribution in [2.24, 2.45) is 0 Å². The predicted molar refractivity (Wildman–Crippen MR) is 76.0 cm³/mol. The van der Waals surface area contributed by atoms with Gasteiger partial charge in [-0.15, -0.1) is 0 Å². The standard InChI is InChI=1S/C15H21N3O2/c1-2-17(11-7-13-5-8-16-9-6-13)15(20)12-18-10-3-4-14(18)19/h5-6,8-9H,2-4,7,10-12H2,1H3. The summed E-state index contributed by atoms with van der Waals surface area (Å²) >= 11 is 0. The summed E-state index contributed by atoms with van der Waals surface area (Å²) in [5.74, 6) is 0.139. The summed E-state index contributed by atoms with van der Waals surface area (Å²) in [6, 6.07) is 3.92. The number of likely N-dealkylation sites (tertiary alicyclic amines) is 1. The number of aromatic nitrogens is 1. The molecule has 1 aliphatic heterocycles. The molecule has 2 amide bonds. The van der Waals surface area contributed by atoms with Gasteiger partial charge < -0.3 is 9.80 Å². The molecule has 0 atom stereocenters. The summed E-state index contributed by atoms with van der Waals surface area (Å²) in [6.45, 7) is 4.26. The molecule has 0 spiro atoms. The van der Waals surface area contributed by atoms with Crippen LogP contribution in [0.2, 0.25) is 0 Å². The lowest BCUT2D eigenvalue weighted by Gasteiger charge is -2.24. The van der Waals surface area contributed by atoms with Gasteiger partial charge in [-0.1, -0.05) is 0 Å². The molecule has 2 rings (SSSR count). The molecule has 0 aliphatic carbocycles. The first-order valence-corrected chi connectivity index (χ1v) is 7.15. The van der Waals surface area contributed by atoms with Gasteiger partial charge in [-0.2, -0.15) is 0 Å². The van der Waals surface area contributed by atoms with E-state index in [0.29, 0.717) is 26.1 Å². The quantitative estimate of drug-likeness (QED) is 0.781. The van der Waals surface area contributed by atoms with E-state index in [1.54, 1.807) is 17.3 Å². The van der Waals surface area contributed by atoms with Gasteiger partial charge in [0.05, 0.1) is 6.54 Å². The number of likely N-dealkylation sites (N-methyl/N-ethyl adjacent to an activating group) is 1. The molecule has 1 aliphatic rings. The molecular formula is C15H21N3O2. The van der Waals surface area contributed by atoms with Gasteiger partial charge in [-0.05, 0) is 37.5 Å². The zero-order valence-electron chi connectivity index (χ0n) is 11.9. The molecule has 0 unspecified atom stereocenters. The summed E-state index contributed by atoms with van der Waals surface area (Å²) in [5.41, 5.74) is 1.17. The van der Waals surface area contributed by atoms with Gasteiger partial charge in [-0.3, -0.25) is 14.6 Å². The van der Waals surface area contributed by atoms with E-state index >= 15 is 0 Å². The fraction of sp³-hybridized carbons (Fsp3) is 0.533. The molecule has 0 N–H and O–H groups in total. The van der Waals surface area contributed by atoms with Crippen LogP contribution in [0.5, 0.6) is 0 Å². The Balaban J connectivity index is 1.84. The van der Waals surface area contributed by atoms with Crippen molar-refractivity contribution in [1.82, 2.24) is 14.8 Å². The van der Waals surface area contributed by atoms with Gasteiger partial charge in [0.15, 0.2) is 0 Å². The fourth-order valence-corrected chi connectivity index (χ4v) is 2.41. The summed E-state index contributed by atoms with van der Waals surface area (Å²) < 4.78 is 0. The van der Waals surface area contributed by atoms with E-state index in [-0.39, 0.29) is 18.4 Å². The number of rotatable bonds is 6. The smallest absolute Gasteiger partial charge is 0.242 e. The maximum Gasteiger partial charge on any atom is 0.242 e. The SMILES string of the molecule is CCN(CCc1ccncc1)C(=O)CN1CCCC1=O. The second-order valence-electron chi connectivity index (χ2n) is 5.00. The second-order valence-corrected chi connectivity index (χ2v) is 5.00. The van der Waals surface area contributed by atoms with Crippen molar-refractivity contribution in [3.05, 3.63) is 30.1 Å². The van der Waals surface area contributed by atoms with E-state index in [1.807, 2.05) is 24.0 Å². The molecule has 1 aromatic rings. The van der Waals surface area contributed by atoms with Crippen LogP contribution in [0.4, 0.5) is 0 Å². The molecule has 1 saturated heterocycles. The summed E-state index contributed by atoms with van der Waals surface area (Å²) in [5, 5.41) is 0. The number of pyridine rings is 1. The van der Waals surface area contributed by atoms with Gasteiger partial charge in [-0.25, -0.2) is 0 Å². The Labute approximate surface area is 119 Å². The highest BCUT2D eigenvalue weighted by Gasteiger charge is 2.24. The van der Waals surface area contributed by atoms with E-state index in [9.17, 15) is 9.59 Å². The topological polar surface area (TPSA) is 53.5 Å². The van der Waals surface area contributed by atoms with Gasteiger partial charge in [0.25, 0.3) is 0 Å². The van der Waals surface area contributed by atoms with Gasteiger partial charge in [0.1, 0.15) is 0 Å². The Morgan fingerprint density at radius 2 is 2.15 bits per heavy atom. The Hall–Kier alpha value is -1.91. The van der Waals surface area contributed by atoms with Crippen LogP contribution >= 0.6 is 0 Å². The van der Waals surface area contributed by atoms with Crippen LogP contribution in [0.1, 0.15) is 25.3 Å². The first-order chi connectivity index (χ1) is 9.70. The number of hydrogen-bond donors (Lipinski definition) is 0. The number of carbonyl (C=O) groups is 2. The second kappa shape index (κ2) is 7.03. The Kier molecular flexibility index (Phi) is 5.09. The lowest BCUT2D eigenvalue weighted by molar-refractivity contribution is -0.138. The number of nitrogens with zero attached hydrogens (tertiary/aromatic N) is 3. The van der Waals surface area contributed by atoms with Crippen molar-refractivity contribution in [2.45, 2.75) is 26.2 Å². The normalized spacial score (nSPS) is 14.7. The van der Waals surface area contributed by atoms with E-state index in [4.69, 9.17) is 0 Å². The van der Waals surface area contributed by atoms with Crippen LogP contribution in [-0.4, -0.2) is 52.8 Å². The highest BCUT2D eigenvalue weighted by molar-refractivity contribution is 5.85. The van der Waals surface area contributed by atoms with E-state index in [0.717, 1.165) is 12.8 Å². The molecule has 20 heavy (non-hydrogen) atoms. The zero-order valence-corrected chi connectivity index (χ0v) is 11.9. The Bertz CT molecular complexity index is 461. The Morgan fingerprint density at radius 1 is 1.40 bits per heavy atom. The van der Waals surface area contributed by atoms with Crippen molar-refractivity contribution >= 4 is 11.8 Å². The van der Waals surface area contributed by atoms with Crippen LogP contribution in [0, 0.1) is 0 Å². The fourth-order valence-electron chi connectivity index (χ4n) is 2.41. The van der Waals surface area contributed by atoms with Crippen LogP contribution < -0.4 is 0 Å². The maximum atomic E-state index is 12.2. The molecule has 0 aromatic carbocycles. The summed E-state index contributed by atoms with van der Waals surface area (Å²) in [7, 11) is 0. The molecule has 1 fully saturated rings. The molecule has 2 heterocycles. The maximum absolute atomic E-state index is 12.2. The van der Waals surface area contributed by atoms with E-state index in [2.05, 4.69) is 4.98 Å². The zero-order chi connectivity index (χ0) is 14.4. The number of carbonyl (C=O) groups excluding carboxylic acids is 2. The van der Waals surface area contributed by atoms with Gasteiger partial charge >= 0.3 is 0 Å². The lowest BCUT2D eigenvalue weighted by Crippen LogP contribution is -2.41. The first-order valence-electron chi connectivity index (χ1n) is 7.15. The van der Waals surface area contributed by atoms with Gasteiger partial charge in [0.2, 0.25) is 11.8 Å². The molecule has 5 nitrogen and oxygen atoms in total. The third kappa shape index (κ3) is 3.79. The van der Waals surface area contributed by atoms with Crippen molar-refractivity contribution in [2.75, 3.05) is 26.2 Å². The minimum absolute atomic E-state index is 0.0387. The molecule has 1 aromatic heterocycles. The molecular weight excluding hydrogens is 254 g/mol. The monoisotopic (exact) mass is 275 g/mol. The minimum Gasteiger partial charge on any atom is -0.341 e. The predicted octanol–water partition coefficient (Wildman–Crippen LogP) is 1.09. The molecule has 0 bridgehead atoms. The van der Waals surface area contributed by atoms with E-state index in [1.165, 1.54) is 5.56 Å². The minimum atomic E-state index is 0.0387. The van der Waals surface area contributed by atoms with Crippen LogP contribution in [0.3, 0.4) is 0 Å². The summed E-state index contributed by atoms with van der Waals surface area (Å²) in [6.07, 6.45) is 5.79. The number of amides is 2. The third-order valence-corrected chi connectivity index (χ3v) is 3.65. The molecule has 108 valence electrons. The average Bonchev–Trinajstić information content (AvgIpc) is 2.86. The average molecular weight is 275 g/mol. The lowest BCUT2D eigenvalue weighted by atomic mass is 10.2. The highest BCUT2D eigenvalue weighted by Crippen LogP contribution is 2.10. The summed E-state index contributed by atoms with van der Waals surface area (Å²) in [4.78, 5) is 31.2. The Morgan fingerprint density at radius 3 is 2.75 bits per heavy atom. The van der Waals surface area contributed by atoms with Gasteiger partial charge in [0, 0.05) is 38.4 Å². The first kappa shape index (κ1) is 14.5. The molecule has 5 heteroatoms. The van der Waals surface area contributed by atoms with Crippen molar-refractivity contribution in [1.29, 1.82) is 0 Å².